The number of carbonyl (C=O) groups excluding carboxylic acids is 2. The first kappa shape index (κ1) is 28.2. The number of methoxy groups -OCH3 is 1. The zero-order valence-electron chi connectivity index (χ0n) is 23.0. The number of benzene rings is 2. The monoisotopic (exact) mass is 566 g/mol. The molecular weight excluding hydrogens is 531 g/mol. The van der Waals surface area contributed by atoms with Crippen LogP contribution in [0.25, 0.3) is 0 Å². The third kappa shape index (κ3) is 6.35. The summed E-state index contributed by atoms with van der Waals surface area (Å²) in [4.78, 5) is 36.4. The minimum atomic E-state index is -0.309. The SMILES string of the molecule is CCC(=O)N1CCc2ccc(OCc3nc(C(=O)N4CCN(CCOC)CC4)cs3)cc2C1c1ccc(F)cc1. The highest BCUT2D eigenvalue weighted by molar-refractivity contribution is 7.09. The van der Waals surface area contributed by atoms with Crippen molar-refractivity contribution >= 4 is 23.2 Å². The van der Waals surface area contributed by atoms with Crippen LogP contribution in [0.3, 0.4) is 0 Å². The minimum absolute atomic E-state index is 0.0505. The summed E-state index contributed by atoms with van der Waals surface area (Å²) in [5.74, 6) is 0.357. The fourth-order valence-electron chi connectivity index (χ4n) is 5.34. The molecule has 5 rings (SSSR count). The Hall–Kier alpha value is -3.34. The van der Waals surface area contributed by atoms with E-state index >= 15 is 0 Å². The van der Waals surface area contributed by atoms with Crippen LogP contribution in [-0.4, -0.2) is 84.5 Å². The highest BCUT2D eigenvalue weighted by Crippen LogP contribution is 2.37. The van der Waals surface area contributed by atoms with Gasteiger partial charge in [-0.15, -0.1) is 11.3 Å². The summed E-state index contributed by atoms with van der Waals surface area (Å²) in [5, 5.41) is 2.52. The molecule has 0 saturated carbocycles. The average Bonchev–Trinajstić information content (AvgIpc) is 3.47. The molecule has 1 fully saturated rings. The number of fused-ring (bicyclic) bond motifs is 1. The van der Waals surface area contributed by atoms with E-state index in [4.69, 9.17) is 9.47 Å². The summed E-state index contributed by atoms with van der Waals surface area (Å²) in [6, 6.07) is 12.0. The van der Waals surface area contributed by atoms with Crippen molar-refractivity contribution in [2.45, 2.75) is 32.4 Å². The quantitative estimate of drug-likeness (QED) is 0.388. The van der Waals surface area contributed by atoms with Crippen LogP contribution >= 0.6 is 11.3 Å². The summed E-state index contributed by atoms with van der Waals surface area (Å²) in [7, 11) is 1.70. The predicted molar refractivity (Wildman–Crippen MR) is 151 cm³/mol. The van der Waals surface area contributed by atoms with Crippen molar-refractivity contribution in [2.24, 2.45) is 0 Å². The van der Waals surface area contributed by atoms with Crippen LogP contribution in [0.5, 0.6) is 5.75 Å². The van der Waals surface area contributed by atoms with Crippen LogP contribution in [0.15, 0.2) is 47.8 Å². The number of thiazole rings is 1. The molecular formula is C30H35FN4O4S. The molecule has 0 aliphatic carbocycles. The number of rotatable bonds is 9. The molecule has 10 heteroatoms. The Balaban J connectivity index is 1.26. The lowest BCUT2D eigenvalue weighted by molar-refractivity contribution is -0.132. The normalized spacial score (nSPS) is 17.5. The molecule has 1 aromatic heterocycles. The second-order valence-electron chi connectivity index (χ2n) is 10.0. The maximum absolute atomic E-state index is 13.7. The van der Waals surface area contributed by atoms with E-state index in [2.05, 4.69) is 9.88 Å². The topological polar surface area (TPSA) is 75.2 Å². The van der Waals surface area contributed by atoms with E-state index in [9.17, 15) is 14.0 Å². The van der Waals surface area contributed by atoms with Crippen LogP contribution in [0.1, 0.15) is 51.6 Å². The van der Waals surface area contributed by atoms with E-state index in [1.165, 1.54) is 23.5 Å². The van der Waals surface area contributed by atoms with Crippen molar-refractivity contribution in [3.05, 3.63) is 81.1 Å². The van der Waals surface area contributed by atoms with E-state index in [1.54, 1.807) is 24.6 Å². The van der Waals surface area contributed by atoms with E-state index in [0.29, 0.717) is 44.1 Å². The molecule has 3 heterocycles. The van der Waals surface area contributed by atoms with E-state index in [0.717, 1.165) is 47.8 Å². The lowest BCUT2D eigenvalue weighted by Gasteiger charge is -2.38. The van der Waals surface area contributed by atoms with Gasteiger partial charge in [0.25, 0.3) is 5.91 Å². The molecule has 212 valence electrons. The number of carbonyl (C=O) groups is 2. The Morgan fingerprint density at radius 1 is 1.07 bits per heavy atom. The van der Waals surface area contributed by atoms with Gasteiger partial charge in [0.1, 0.15) is 28.9 Å². The molecule has 1 saturated heterocycles. The highest BCUT2D eigenvalue weighted by atomic mass is 32.1. The summed E-state index contributed by atoms with van der Waals surface area (Å²) in [6.45, 7) is 7.27. The summed E-state index contributed by atoms with van der Waals surface area (Å²) in [5.41, 5.74) is 3.44. The van der Waals surface area contributed by atoms with Gasteiger partial charge in [-0.3, -0.25) is 14.5 Å². The van der Waals surface area contributed by atoms with Crippen molar-refractivity contribution in [1.29, 1.82) is 0 Å². The van der Waals surface area contributed by atoms with Crippen LogP contribution in [0.2, 0.25) is 0 Å². The molecule has 2 amide bonds. The Labute approximate surface area is 238 Å². The van der Waals surface area contributed by atoms with Gasteiger partial charge in [-0.1, -0.05) is 25.1 Å². The van der Waals surface area contributed by atoms with Gasteiger partial charge in [0.15, 0.2) is 0 Å². The van der Waals surface area contributed by atoms with Crippen molar-refractivity contribution in [1.82, 2.24) is 19.7 Å². The van der Waals surface area contributed by atoms with E-state index < -0.39 is 0 Å². The molecule has 0 spiro atoms. The first-order chi connectivity index (χ1) is 19.5. The Kier molecular flexibility index (Phi) is 9.08. The molecule has 2 aliphatic rings. The van der Waals surface area contributed by atoms with Gasteiger partial charge in [-0.25, -0.2) is 9.37 Å². The fraction of sp³-hybridized carbons (Fsp3) is 0.433. The van der Waals surface area contributed by atoms with Crippen LogP contribution in [0, 0.1) is 5.82 Å². The maximum atomic E-state index is 13.7. The number of nitrogens with zero attached hydrogens (tertiary/aromatic N) is 4. The Morgan fingerprint density at radius 2 is 1.85 bits per heavy atom. The van der Waals surface area contributed by atoms with Crippen LogP contribution in [0.4, 0.5) is 4.39 Å². The first-order valence-electron chi connectivity index (χ1n) is 13.7. The van der Waals surface area contributed by atoms with Crippen molar-refractivity contribution in [3.8, 4) is 5.75 Å². The van der Waals surface area contributed by atoms with E-state index in [-0.39, 0.29) is 30.3 Å². The zero-order valence-corrected chi connectivity index (χ0v) is 23.8. The zero-order chi connectivity index (χ0) is 28.1. The average molecular weight is 567 g/mol. The molecule has 40 heavy (non-hydrogen) atoms. The van der Waals surface area contributed by atoms with Gasteiger partial charge in [0.05, 0.1) is 12.6 Å². The van der Waals surface area contributed by atoms with Crippen LogP contribution in [-0.2, 0) is 22.6 Å². The Morgan fingerprint density at radius 3 is 2.58 bits per heavy atom. The molecule has 3 aromatic rings. The number of aromatic nitrogens is 1. The molecule has 2 aliphatic heterocycles. The minimum Gasteiger partial charge on any atom is -0.486 e. The lowest BCUT2D eigenvalue weighted by Crippen LogP contribution is -2.49. The number of hydrogen-bond donors (Lipinski definition) is 0. The van der Waals surface area contributed by atoms with Gasteiger partial charge < -0.3 is 19.3 Å². The number of ether oxygens (including phenoxy) is 2. The smallest absolute Gasteiger partial charge is 0.273 e. The van der Waals surface area contributed by atoms with Crippen molar-refractivity contribution < 1.29 is 23.5 Å². The number of amides is 2. The largest absolute Gasteiger partial charge is 0.486 e. The first-order valence-corrected chi connectivity index (χ1v) is 14.6. The molecule has 8 nitrogen and oxygen atoms in total. The summed E-state index contributed by atoms with van der Waals surface area (Å²) >= 11 is 1.41. The second kappa shape index (κ2) is 12.9. The maximum Gasteiger partial charge on any atom is 0.273 e. The van der Waals surface area contributed by atoms with Gasteiger partial charge in [-0.05, 0) is 47.4 Å². The van der Waals surface area contributed by atoms with Gasteiger partial charge in [0.2, 0.25) is 5.91 Å². The molecule has 0 bridgehead atoms. The third-order valence-electron chi connectivity index (χ3n) is 7.56. The summed E-state index contributed by atoms with van der Waals surface area (Å²) < 4.78 is 24.9. The van der Waals surface area contributed by atoms with Gasteiger partial charge >= 0.3 is 0 Å². The van der Waals surface area contributed by atoms with Gasteiger partial charge in [-0.2, -0.15) is 0 Å². The predicted octanol–water partition coefficient (Wildman–Crippen LogP) is 4.15. The number of piperazine rings is 1. The van der Waals surface area contributed by atoms with Crippen molar-refractivity contribution in [2.75, 3.05) is 53.0 Å². The number of hydrogen-bond acceptors (Lipinski definition) is 7. The molecule has 0 N–H and O–H groups in total. The highest BCUT2D eigenvalue weighted by Gasteiger charge is 2.32. The lowest BCUT2D eigenvalue weighted by atomic mass is 9.87. The molecule has 1 atom stereocenters. The summed E-state index contributed by atoms with van der Waals surface area (Å²) in [6.07, 6.45) is 1.15. The number of halogens is 1. The fourth-order valence-corrected chi connectivity index (χ4v) is 6.02. The van der Waals surface area contributed by atoms with Gasteiger partial charge in [0, 0.05) is 58.2 Å². The molecule has 0 radical (unpaired) electrons. The second-order valence-corrected chi connectivity index (χ2v) is 11.0. The molecule has 2 aromatic carbocycles. The van der Waals surface area contributed by atoms with Crippen molar-refractivity contribution in [3.63, 3.8) is 0 Å². The van der Waals surface area contributed by atoms with E-state index in [1.807, 2.05) is 34.9 Å². The van der Waals surface area contributed by atoms with Crippen LogP contribution < -0.4 is 4.74 Å². The molecule has 1 unspecified atom stereocenters. The third-order valence-corrected chi connectivity index (χ3v) is 8.38. The Bertz CT molecular complexity index is 1320. The standard InChI is InChI=1S/C30H35FN4O4S/c1-3-28(36)35-11-10-21-6-9-24(18-25(21)29(35)22-4-7-23(31)8-5-22)39-19-27-32-26(20-40-27)30(37)34-14-12-33(13-15-34)16-17-38-2/h4-9,18,20,29H,3,10-17,19H2,1-2H3.